The van der Waals surface area contributed by atoms with Crippen LogP contribution in [0.2, 0.25) is 5.02 Å². The van der Waals surface area contributed by atoms with E-state index in [1.165, 1.54) is 12.8 Å². The van der Waals surface area contributed by atoms with E-state index < -0.39 is 0 Å². The van der Waals surface area contributed by atoms with Gasteiger partial charge in [-0.25, -0.2) is 0 Å². The molecule has 1 N–H and O–H groups in total. The van der Waals surface area contributed by atoms with Crippen molar-refractivity contribution in [3.05, 3.63) is 34.3 Å². The van der Waals surface area contributed by atoms with Gasteiger partial charge in [-0.05, 0) is 49.9 Å². The lowest BCUT2D eigenvalue weighted by molar-refractivity contribution is 0.0785. The Kier molecular flexibility index (Phi) is 3.50. The van der Waals surface area contributed by atoms with Gasteiger partial charge in [-0.3, -0.25) is 4.79 Å². The molecule has 102 valence electrons. The van der Waals surface area contributed by atoms with Crippen LogP contribution in [0.3, 0.4) is 0 Å². The van der Waals surface area contributed by atoms with Gasteiger partial charge in [-0.1, -0.05) is 17.7 Å². The Bertz CT molecular complexity index is 489. The molecule has 19 heavy (non-hydrogen) atoms. The van der Waals surface area contributed by atoms with Crippen LogP contribution in [-0.4, -0.2) is 36.5 Å². The molecule has 2 atom stereocenters. The molecule has 2 fully saturated rings. The Balaban J connectivity index is 1.79. The highest BCUT2D eigenvalue weighted by molar-refractivity contribution is 6.31. The molecule has 0 radical (unpaired) electrons. The zero-order chi connectivity index (χ0) is 13.4. The molecule has 3 rings (SSSR count). The number of likely N-dealkylation sites (tertiary alicyclic amines) is 1. The van der Waals surface area contributed by atoms with E-state index in [0.717, 1.165) is 30.8 Å². The number of fused-ring (bicyclic) bond motifs is 1. The van der Waals surface area contributed by atoms with E-state index in [0.29, 0.717) is 17.0 Å². The van der Waals surface area contributed by atoms with Gasteiger partial charge in [-0.2, -0.15) is 0 Å². The second kappa shape index (κ2) is 5.14. The lowest BCUT2D eigenvalue weighted by Crippen LogP contribution is -2.41. The summed E-state index contributed by atoms with van der Waals surface area (Å²) in [7, 11) is 0. The van der Waals surface area contributed by atoms with Crippen LogP contribution in [-0.2, 0) is 0 Å². The molecule has 0 saturated carbocycles. The van der Waals surface area contributed by atoms with Crippen molar-refractivity contribution in [3.8, 4) is 0 Å². The van der Waals surface area contributed by atoms with Gasteiger partial charge >= 0.3 is 0 Å². The van der Waals surface area contributed by atoms with Crippen LogP contribution >= 0.6 is 11.6 Å². The first-order valence-electron chi connectivity index (χ1n) is 6.94. The van der Waals surface area contributed by atoms with Crippen molar-refractivity contribution < 1.29 is 4.79 Å². The molecule has 2 aliphatic heterocycles. The lowest BCUT2D eigenvalue weighted by atomic mass is 9.94. The zero-order valence-corrected chi connectivity index (χ0v) is 11.9. The summed E-state index contributed by atoms with van der Waals surface area (Å²) in [4.78, 5) is 14.6. The number of carbonyl (C=O) groups excluding carboxylic acids is 1. The maximum Gasteiger partial charge on any atom is 0.254 e. The van der Waals surface area contributed by atoms with Crippen molar-refractivity contribution >= 4 is 17.5 Å². The van der Waals surface area contributed by atoms with Gasteiger partial charge in [0, 0.05) is 29.7 Å². The highest BCUT2D eigenvalue weighted by atomic mass is 35.5. The summed E-state index contributed by atoms with van der Waals surface area (Å²) in [5, 5.41) is 4.15. The molecule has 1 amide bonds. The number of nitrogens with one attached hydrogen (secondary N) is 1. The third-order valence-corrected chi connectivity index (χ3v) is 4.55. The SMILES string of the molecule is Cc1ccc(Cl)cc1C(=O)N1CC2CCCNC2C1. The van der Waals surface area contributed by atoms with Crippen molar-refractivity contribution in [1.29, 1.82) is 0 Å². The van der Waals surface area contributed by atoms with E-state index in [1.807, 2.05) is 24.0 Å². The monoisotopic (exact) mass is 278 g/mol. The van der Waals surface area contributed by atoms with Crippen LogP contribution in [0.1, 0.15) is 28.8 Å². The minimum Gasteiger partial charge on any atom is -0.337 e. The number of carbonyl (C=O) groups is 1. The van der Waals surface area contributed by atoms with Gasteiger partial charge in [0.1, 0.15) is 0 Å². The maximum atomic E-state index is 12.6. The molecular formula is C15H19ClN2O. The molecular weight excluding hydrogens is 260 g/mol. The van der Waals surface area contributed by atoms with E-state index in [1.54, 1.807) is 6.07 Å². The van der Waals surface area contributed by atoms with Gasteiger partial charge in [0.15, 0.2) is 0 Å². The minimum atomic E-state index is 0.121. The molecule has 4 heteroatoms. The number of benzene rings is 1. The molecule has 1 aromatic rings. The molecule has 2 aliphatic rings. The van der Waals surface area contributed by atoms with E-state index in [9.17, 15) is 4.79 Å². The maximum absolute atomic E-state index is 12.6. The molecule has 2 heterocycles. The standard InChI is InChI=1S/C15H19ClN2O/c1-10-4-5-12(16)7-13(10)15(19)18-8-11-3-2-6-17-14(11)9-18/h4-5,7,11,14,17H,2-3,6,8-9H2,1H3. The van der Waals surface area contributed by atoms with Crippen molar-refractivity contribution in [2.45, 2.75) is 25.8 Å². The average molecular weight is 279 g/mol. The number of piperidine rings is 1. The van der Waals surface area contributed by atoms with Crippen molar-refractivity contribution in [2.75, 3.05) is 19.6 Å². The fourth-order valence-corrected chi connectivity index (χ4v) is 3.38. The zero-order valence-electron chi connectivity index (χ0n) is 11.2. The Morgan fingerprint density at radius 1 is 1.42 bits per heavy atom. The van der Waals surface area contributed by atoms with Gasteiger partial charge in [0.25, 0.3) is 5.91 Å². The van der Waals surface area contributed by atoms with Crippen LogP contribution in [0.15, 0.2) is 18.2 Å². The van der Waals surface area contributed by atoms with E-state index >= 15 is 0 Å². The Morgan fingerprint density at radius 2 is 2.26 bits per heavy atom. The van der Waals surface area contributed by atoms with Crippen LogP contribution in [0.25, 0.3) is 0 Å². The summed E-state index contributed by atoms with van der Waals surface area (Å²) in [6, 6.07) is 6.02. The van der Waals surface area contributed by atoms with Crippen LogP contribution in [0.4, 0.5) is 0 Å². The fraction of sp³-hybridized carbons (Fsp3) is 0.533. The Morgan fingerprint density at radius 3 is 3.05 bits per heavy atom. The molecule has 0 bridgehead atoms. The average Bonchev–Trinajstić information content (AvgIpc) is 2.84. The van der Waals surface area contributed by atoms with E-state index in [2.05, 4.69) is 5.32 Å². The fourth-order valence-electron chi connectivity index (χ4n) is 3.21. The number of nitrogens with zero attached hydrogens (tertiary/aromatic N) is 1. The molecule has 2 saturated heterocycles. The first-order valence-corrected chi connectivity index (χ1v) is 7.32. The molecule has 2 unspecified atom stereocenters. The summed E-state index contributed by atoms with van der Waals surface area (Å²) < 4.78 is 0. The summed E-state index contributed by atoms with van der Waals surface area (Å²) in [5.74, 6) is 0.744. The summed E-state index contributed by atoms with van der Waals surface area (Å²) >= 11 is 6.01. The number of halogens is 1. The number of hydrogen-bond acceptors (Lipinski definition) is 2. The number of aryl methyl sites for hydroxylation is 1. The molecule has 0 aliphatic carbocycles. The van der Waals surface area contributed by atoms with Gasteiger partial charge in [-0.15, -0.1) is 0 Å². The number of hydrogen-bond donors (Lipinski definition) is 1. The van der Waals surface area contributed by atoms with Gasteiger partial charge in [0.05, 0.1) is 0 Å². The normalized spacial score (nSPS) is 26.3. The molecule has 0 aromatic heterocycles. The van der Waals surface area contributed by atoms with E-state index in [4.69, 9.17) is 11.6 Å². The van der Waals surface area contributed by atoms with Crippen molar-refractivity contribution in [2.24, 2.45) is 5.92 Å². The Labute approximate surface area is 118 Å². The van der Waals surface area contributed by atoms with Crippen LogP contribution < -0.4 is 5.32 Å². The van der Waals surface area contributed by atoms with Crippen LogP contribution in [0.5, 0.6) is 0 Å². The highest BCUT2D eigenvalue weighted by Gasteiger charge is 2.36. The molecule has 0 spiro atoms. The summed E-state index contributed by atoms with van der Waals surface area (Å²) in [5.41, 5.74) is 1.74. The minimum absolute atomic E-state index is 0.121. The smallest absolute Gasteiger partial charge is 0.254 e. The third-order valence-electron chi connectivity index (χ3n) is 4.32. The highest BCUT2D eigenvalue weighted by Crippen LogP contribution is 2.27. The second-order valence-corrected chi connectivity index (χ2v) is 6.07. The quantitative estimate of drug-likeness (QED) is 0.856. The lowest BCUT2D eigenvalue weighted by Gasteiger charge is -2.24. The van der Waals surface area contributed by atoms with E-state index in [-0.39, 0.29) is 5.91 Å². The number of rotatable bonds is 1. The summed E-state index contributed by atoms with van der Waals surface area (Å²) in [6.45, 7) is 4.75. The molecule has 1 aromatic carbocycles. The third kappa shape index (κ3) is 2.49. The van der Waals surface area contributed by atoms with Gasteiger partial charge < -0.3 is 10.2 Å². The summed E-state index contributed by atoms with van der Waals surface area (Å²) in [6.07, 6.45) is 2.45. The predicted molar refractivity (Wildman–Crippen MR) is 76.6 cm³/mol. The number of amides is 1. The van der Waals surface area contributed by atoms with Crippen molar-refractivity contribution in [1.82, 2.24) is 10.2 Å². The Hall–Kier alpha value is -1.06. The second-order valence-electron chi connectivity index (χ2n) is 5.63. The van der Waals surface area contributed by atoms with Crippen molar-refractivity contribution in [3.63, 3.8) is 0 Å². The largest absolute Gasteiger partial charge is 0.337 e. The predicted octanol–water partition coefficient (Wildman–Crippen LogP) is 2.47. The topological polar surface area (TPSA) is 32.3 Å². The van der Waals surface area contributed by atoms with Crippen LogP contribution in [0, 0.1) is 12.8 Å². The molecule has 3 nitrogen and oxygen atoms in total. The first-order chi connectivity index (χ1) is 9.15. The van der Waals surface area contributed by atoms with Gasteiger partial charge in [0.2, 0.25) is 0 Å². The first kappa shape index (κ1) is 12.9.